The van der Waals surface area contributed by atoms with Crippen LogP contribution >= 0.6 is 11.6 Å². The Morgan fingerprint density at radius 3 is 2.74 bits per heavy atom. The molecule has 1 fully saturated rings. The number of likely N-dealkylation sites (tertiary alicyclic amines) is 1. The largest absolute Gasteiger partial charge is 0.337 e. The van der Waals surface area contributed by atoms with Gasteiger partial charge in [0.15, 0.2) is 0 Å². The van der Waals surface area contributed by atoms with Gasteiger partial charge in [-0.15, -0.1) is 6.58 Å². The summed E-state index contributed by atoms with van der Waals surface area (Å²) < 4.78 is 5.58. The van der Waals surface area contributed by atoms with E-state index >= 15 is 0 Å². The van der Waals surface area contributed by atoms with E-state index in [0.717, 1.165) is 36.8 Å². The molecule has 2 aromatic carbocycles. The number of amides is 2. The van der Waals surface area contributed by atoms with Crippen LogP contribution in [0.5, 0.6) is 0 Å². The minimum atomic E-state index is -0.332. The molecule has 2 heterocycles. The summed E-state index contributed by atoms with van der Waals surface area (Å²) in [6.45, 7) is 6.62. The molecule has 182 valence electrons. The molecule has 0 saturated carbocycles. The SMILES string of the molecule is C=CCN(CC(=O)N1CCCCC1c1nc(-c2cccc(Cl)c2)no1)C(=O)c1ccc(CC)cc1. The minimum Gasteiger partial charge on any atom is -0.337 e. The van der Waals surface area contributed by atoms with Crippen LogP contribution < -0.4 is 0 Å². The number of hydrogen-bond donors (Lipinski definition) is 0. The molecule has 0 spiro atoms. The summed E-state index contributed by atoms with van der Waals surface area (Å²) in [6, 6.07) is 14.4. The minimum absolute atomic E-state index is 0.0494. The Morgan fingerprint density at radius 1 is 1.23 bits per heavy atom. The van der Waals surface area contributed by atoms with E-state index < -0.39 is 0 Å². The first-order chi connectivity index (χ1) is 17.0. The fraction of sp³-hybridized carbons (Fsp3) is 0.333. The first-order valence-electron chi connectivity index (χ1n) is 11.9. The van der Waals surface area contributed by atoms with E-state index in [9.17, 15) is 9.59 Å². The molecule has 1 atom stereocenters. The van der Waals surface area contributed by atoms with Gasteiger partial charge < -0.3 is 14.3 Å². The van der Waals surface area contributed by atoms with Crippen molar-refractivity contribution in [3.05, 3.63) is 83.2 Å². The molecule has 3 aromatic rings. The van der Waals surface area contributed by atoms with Crippen molar-refractivity contribution in [1.82, 2.24) is 19.9 Å². The Labute approximate surface area is 210 Å². The van der Waals surface area contributed by atoms with Crippen molar-refractivity contribution < 1.29 is 14.1 Å². The van der Waals surface area contributed by atoms with Gasteiger partial charge in [0.1, 0.15) is 12.6 Å². The molecule has 1 aliphatic rings. The monoisotopic (exact) mass is 492 g/mol. The summed E-state index contributed by atoms with van der Waals surface area (Å²) in [5.41, 5.74) is 2.45. The van der Waals surface area contributed by atoms with Gasteiger partial charge >= 0.3 is 0 Å². The van der Waals surface area contributed by atoms with Gasteiger partial charge in [0.05, 0.1) is 0 Å². The molecule has 0 radical (unpaired) electrons. The second kappa shape index (κ2) is 11.3. The number of rotatable bonds is 8. The molecule has 1 saturated heterocycles. The Morgan fingerprint density at radius 2 is 2.03 bits per heavy atom. The number of benzene rings is 2. The van der Waals surface area contributed by atoms with Crippen molar-refractivity contribution in [2.75, 3.05) is 19.6 Å². The maximum atomic E-state index is 13.4. The molecule has 2 amide bonds. The lowest BCUT2D eigenvalue weighted by Crippen LogP contribution is -2.46. The zero-order valence-corrected chi connectivity index (χ0v) is 20.6. The Hall–Kier alpha value is -3.45. The molecule has 1 aromatic heterocycles. The van der Waals surface area contributed by atoms with E-state index in [2.05, 4.69) is 23.6 Å². The fourth-order valence-corrected chi connectivity index (χ4v) is 4.49. The molecule has 8 heteroatoms. The zero-order valence-electron chi connectivity index (χ0n) is 19.8. The number of piperidine rings is 1. The number of aromatic nitrogens is 2. The third-order valence-electron chi connectivity index (χ3n) is 6.20. The lowest BCUT2D eigenvalue weighted by molar-refractivity contribution is -0.136. The maximum absolute atomic E-state index is 13.4. The van der Waals surface area contributed by atoms with Crippen LogP contribution in [0.4, 0.5) is 0 Å². The summed E-state index contributed by atoms with van der Waals surface area (Å²) in [5, 5.41) is 4.69. The summed E-state index contributed by atoms with van der Waals surface area (Å²) >= 11 is 6.10. The highest BCUT2D eigenvalue weighted by molar-refractivity contribution is 6.30. The summed E-state index contributed by atoms with van der Waals surface area (Å²) in [4.78, 5) is 34.4. The number of halogens is 1. The van der Waals surface area contributed by atoms with Crippen LogP contribution in [-0.4, -0.2) is 51.4 Å². The summed E-state index contributed by atoms with van der Waals surface area (Å²) in [7, 11) is 0. The quantitative estimate of drug-likeness (QED) is 0.397. The maximum Gasteiger partial charge on any atom is 0.254 e. The van der Waals surface area contributed by atoms with Gasteiger partial charge in [-0.25, -0.2) is 0 Å². The van der Waals surface area contributed by atoms with Gasteiger partial charge in [-0.3, -0.25) is 9.59 Å². The van der Waals surface area contributed by atoms with Gasteiger partial charge in [-0.05, 0) is 55.5 Å². The molecule has 1 aliphatic heterocycles. The molecule has 0 aliphatic carbocycles. The Bertz CT molecular complexity index is 1190. The third-order valence-corrected chi connectivity index (χ3v) is 6.44. The van der Waals surface area contributed by atoms with Crippen LogP contribution in [0.1, 0.15) is 54.0 Å². The highest BCUT2D eigenvalue weighted by Gasteiger charge is 2.33. The van der Waals surface area contributed by atoms with E-state index in [1.165, 1.54) is 4.90 Å². The molecule has 1 unspecified atom stereocenters. The van der Waals surface area contributed by atoms with Crippen LogP contribution in [0.15, 0.2) is 65.7 Å². The van der Waals surface area contributed by atoms with Gasteiger partial charge in [0.25, 0.3) is 5.91 Å². The smallest absolute Gasteiger partial charge is 0.254 e. The highest BCUT2D eigenvalue weighted by Crippen LogP contribution is 2.31. The first kappa shape index (κ1) is 24.7. The Balaban J connectivity index is 1.51. The average Bonchev–Trinajstić information content (AvgIpc) is 3.38. The van der Waals surface area contributed by atoms with Gasteiger partial charge in [-0.1, -0.05) is 54.0 Å². The standard InChI is InChI=1S/C27H29ClN4O3/c1-3-15-31(27(34)20-13-11-19(4-2)12-14-20)18-24(33)32-16-6-5-10-23(32)26-29-25(30-35-26)21-8-7-9-22(28)17-21/h3,7-9,11-14,17,23H,1,4-6,10,15-16,18H2,2H3. The van der Waals surface area contributed by atoms with Crippen molar-refractivity contribution in [3.63, 3.8) is 0 Å². The predicted octanol–water partition coefficient (Wildman–Crippen LogP) is 5.33. The van der Waals surface area contributed by atoms with Gasteiger partial charge in [-0.2, -0.15) is 4.98 Å². The van der Waals surface area contributed by atoms with Crippen molar-refractivity contribution in [3.8, 4) is 11.4 Å². The van der Waals surface area contributed by atoms with Gasteiger partial charge in [0, 0.05) is 29.2 Å². The number of aryl methyl sites for hydroxylation is 1. The van der Waals surface area contributed by atoms with E-state index in [-0.39, 0.29) is 30.9 Å². The van der Waals surface area contributed by atoms with Crippen LogP contribution in [0, 0.1) is 0 Å². The Kier molecular flexibility index (Phi) is 7.98. The van der Waals surface area contributed by atoms with Crippen molar-refractivity contribution in [2.24, 2.45) is 0 Å². The molecule has 35 heavy (non-hydrogen) atoms. The first-order valence-corrected chi connectivity index (χ1v) is 12.3. The number of carbonyl (C=O) groups is 2. The molecular weight excluding hydrogens is 464 g/mol. The average molecular weight is 493 g/mol. The van der Waals surface area contributed by atoms with Crippen LogP contribution in [0.3, 0.4) is 0 Å². The third kappa shape index (κ3) is 5.80. The number of nitrogens with zero attached hydrogens (tertiary/aromatic N) is 4. The number of hydrogen-bond acceptors (Lipinski definition) is 5. The van der Waals surface area contributed by atoms with Crippen molar-refractivity contribution in [2.45, 2.75) is 38.6 Å². The lowest BCUT2D eigenvalue weighted by Gasteiger charge is -2.35. The van der Waals surface area contributed by atoms with Crippen LogP contribution in [-0.2, 0) is 11.2 Å². The lowest BCUT2D eigenvalue weighted by atomic mass is 10.0. The zero-order chi connectivity index (χ0) is 24.8. The predicted molar refractivity (Wildman–Crippen MR) is 135 cm³/mol. The van der Waals surface area contributed by atoms with E-state index in [1.807, 2.05) is 24.3 Å². The molecular formula is C27H29ClN4O3. The van der Waals surface area contributed by atoms with E-state index in [0.29, 0.717) is 28.8 Å². The normalized spacial score (nSPS) is 15.6. The van der Waals surface area contributed by atoms with Crippen LogP contribution in [0.25, 0.3) is 11.4 Å². The summed E-state index contributed by atoms with van der Waals surface area (Å²) in [5.74, 6) is 0.470. The fourth-order valence-electron chi connectivity index (χ4n) is 4.30. The molecule has 0 bridgehead atoms. The molecule has 4 rings (SSSR count). The topological polar surface area (TPSA) is 79.5 Å². The van der Waals surface area contributed by atoms with E-state index in [1.54, 1.807) is 35.2 Å². The summed E-state index contributed by atoms with van der Waals surface area (Å²) in [6.07, 6.45) is 5.08. The number of carbonyl (C=O) groups excluding carboxylic acids is 2. The second-order valence-corrected chi connectivity index (χ2v) is 9.03. The van der Waals surface area contributed by atoms with Crippen molar-refractivity contribution >= 4 is 23.4 Å². The molecule has 7 nitrogen and oxygen atoms in total. The highest BCUT2D eigenvalue weighted by atomic mass is 35.5. The van der Waals surface area contributed by atoms with Crippen molar-refractivity contribution in [1.29, 1.82) is 0 Å². The van der Waals surface area contributed by atoms with Crippen LogP contribution in [0.2, 0.25) is 5.02 Å². The molecule has 0 N–H and O–H groups in total. The van der Waals surface area contributed by atoms with Gasteiger partial charge in [0.2, 0.25) is 17.6 Å². The van der Waals surface area contributed by atoms with E-state index in [4.69, 9.17) is 16.1 Å². The second-order valence-electron chi connectivity index (χ2n) is 8.59.